The predicted molar refractivity (Wildman–Crippen MR) is 131 cm³/mol. The van der Waals surface area contributed by atoms with Crippen molar-refractivity contribution in [1.29, 1.82) is 0 Å². The first-order valence-electron chi connectivity index (χ1n) is 11.6. The van der Waals surface area contributed by atoms with E-state index in [2.05, 4.69) is 11.9 Å². The van der Waals surface area contributed by atoms with Crippen LogP contribution in [0.25, 0.3) is 38.9 Å². The van der Waals surface area contributed by atoms with Crippen LogP contribution in [0.15, 0.2) is 53.6 Å². The summed E-state index contributed by atoms with van der Waals surface area (Å²) < 4.78 is 17.2. The maximum atomic E-state index is 14.1. The maximum Gasteiger partial charge on any atom is 0.306 e. The number of fused-ring (bicyclic) bond motifs is 4. The Kier molecular flexibility index (Phi) is 5.94. The summed E-state index contributed by atoms with van der Waals surface area (Å²) in [5.41, 5.74) is 1.49. The van der Waals surface area contributed by atoms with E-state index in [9.17, 15) is 19.3 Å². The van der Waals surface area contributed by atoms with Crippen LogP contribution in [0.3, 0.4) is 0 Å². The van der Waals surface area contributed by atoms with Crippen LogP contribution in [0.2, 0.25) is 0 Å². The Balaban J connectivity index is 1.75. The van der Waals surface area contributed by atoms with Gasteiger partial charge in [0.25, 0.3) is 5.56 Å². The molecule has 0 saturated carbocycles. The van der Waals surface area contributed by atoms with Crippen molar-refractivity contribution in [1.82, 2.24) is 24.1 Å². The largest absolute Gasteiger partial charge is 0.306 e. The zero-order chi connectivity index (χ0) is 24.5. The number of hydrogen-bond donors (Lipinski definition) is 0. The van der Waals surface area contributed by atoms with E-state index in [1.807, 2.05) is 12.1 Å². The van der Waals surface area contributed by atoms with Gasteiger partial charge >= 0.3 is 5.69 Å². The first-order valence-corrected chi connectivity index (χ1v) is 11.6. The number of aryl methyl sites for hydroxylation is 1. The number of halogens is 1. The van der Waals surface area contributed by atoms with Gasteiger partial charge in [0.1, 0.15) is 10.9 Å². The number of unbranched alkanes of at least 4 members (excludes halogenated alkanes) is 4. The Hall–Kier alpha value is -4.21. The van der Waals surface area contributed by atoms with E-state index in [-0.39, 0.29) is 22.3 Å². The fourth-order valence-electron chi connectivity index (χ4n) is 4.34. The van der Waals surface area contributed by atoms with Gasteiger partial charge in [-0.05, 0) is 30.7 Å². The molecule has 0 fully saturated rings. The third kappa shape index (κ3) is 4.01. The third-order valence-electron chi connectivity index (χ3n) is 6.12. The number of aromatic nitrogens is 5. The average Bonchev–Trinajstić information content (AvgIpc) is 3.17. The molecule has 0 spiro atoms. The Morgan fingerprint density at radius 1 is 1.00 bits per heavy atom. The van der Waals surface area contributed by atoms with Crippen molar-refractivity contribution in [2.75, 3.05) is 0 Å². The number of nitro benzene ring substituents is 1. The minimum Gasteiger partial charge on any atom is -0.299 e. The lowest BCUT2D eigenvalue weighted by Gasteiger charge is -2.08. The van der Waals surface area contributed by atoms with Crippen LogP contribution in [0.5, 0.6) is 0 Å². The number of nitro groups is 1. The highest BCUT2D eigenvalue weighted by molar-refractivity contribution is 6.05. The molecular formula is C25H23FN6O3. The summed E-state index contributed by atoms with van der Waals surface area (Å²) in [6.45, 7) is 2.68. The lowest BCUT2D eigenvalue weighted by molar-refractivity contribution is -0.387. The second kappa shape index (κ2) is 9.21. The zero-order valence-electron chi connectivity index (χ0n) is 19.1. The van der Waals surface area contributed by atoms with Crippen LogP contribution < -0.4 is 5.56 Å². The van der Waals surface area contributed by atoms with Crippen molar-refractivity contribution in [2.45, 2.75) is 45.6 Å². The lowest BCUT2D eigenvalue weighted by atomic mass is 10.1. The van der Waals surface area contributed by atoms with Gasteiger partial charge in [0.05, 0.1) is 28.0 Å². The van der Waals surface area contributed by atoms with Gasteiger partial charge in [0.2, 0.25) is 5.82 Å². The summed E-state index contributed by atoms with van der Waals surface area (Å²) in [6.07, 6.45) is 6.76. The molecule has 3 aromatic heterocycles. The quantitative estimate of drug-likeness (QED) is 0.171. The number of nitrogens with zero attached hydrogens (tertiary/aromatic N) is 6. The molecular weight excluding hydrogens is 451 g/mol. The molecule has 35 heavy (non-hydrogen) atoms. The molecule has 5 rings (SSSR count). The van der Waals surface area contributed by atoms with Crippen LogP contribution in [0.4, 0.5) is 10.1 Å². The molecule has 3 heterocycles. The van der Waals surface area contributed by atoms with Crippen molar-refractivity contribution >= 4 is 38.9 Å². The van der Waals surface area contributed by atoms with Gasteiger partial charge in [0, 0.05) is 12.6 Å². The molecule has 0 N–H and O–H groups in total. The Labute approximate surface area is 199 Å². The Bertz CT molecular complexity index is 1640. The first kappa shape index (κ1) is 22.6. The monoisotopic (exact) mass is 474 g/mol. The molecule has 0 radical (unpaired) electrons. The highest BCUT2D eigenvalue weighted by Gasteiger charge is 2.23. The summed E-state index contributed by atoms with van der Waals surface area (Å²) in [4.78, 5) is 38.1. The SMILES string of the molecule is CCCCCCCn1cnc2c(c1=O)c1nc3ccccc3nc1n2-c1ccc(F)c([N+](=O)[O-])c1. The minimum atomic E-state index is -0.950. The molecule has 9 nitrogen and oxygen atoms in total. The van der Waals surface area contributed by atoms with Gasteiger partial charge in [-0.15, -0.1) is 0 Å². The van der Waals surface area contributed by atoms with E-state index >= 15 is 0 Å². The third-order valence-corrected chi connectivity index (χ3v) is 6.12. The molecule has 0 bridgehead atoms. The van der Waals surface area contributed by atoms with Crippen LogP contribution >= 0.6 is 0 Å². The van der Waals surface area contributed by atoms with Crippen molar-refractivity contribution in [3.63, 3.8) is 0 Å². The topological polar surface area (TPSA) is 109 Å². The van der Waals surface area contributed by atoms with E-state index in [1.165, 1.54) is 17.0 Å². The highest BCUT2D eigenvalue weighted by atomic mass is 19.1. The number of hydrogen-bond acceptors (Lipinski definition) is 6. The van der Waals surface area contributed by atoms with Gasteiger partial charge in [-0.3, -0.25) is 24.0 Å². The molecule has 0 aliphatic heterocycles. The maximum absolute atomic E-state index is 14.1. The second-order valence-corrected chi connectivity index (χ2v) is 8.47. The molecule has 10 heteroatoms. The van der Waals surface area contributed by atoms with Crippen LogP contribution in [0.1, 0.15) is 39.0 Å². The van der Waals surface area contributed by atoms with Gasteiger partial charge < -0.3 is 0 Å². The van der Waals surface area contributed by atoms with E-state index in [4.69, 9.17) is 9.97 Å². The lowest BCUT2D eigenvalue weighted by Crippen LogP contribution is -2.20. The summed E-state index contributed by atoms with van der Waals surface area (Å²) >= 11 is 0. The molecule has 0 amide bonds. The van der Waals surface area contributed by atoms with Crippen molar-refractivity contribution in [2.24, 2.45) is 0 Å². The number of benzene rings is 2. The molecule has 0 aliphatic rings. The minimum absolute atomic E-state index is 0.254. The normalized spacial score (nSPS) is 11.6. The van der Waals surface area contributed by atoms with Crippen molar-refractivity contribution in [3.05, 3.63) is 75.1 Å². The number of para-hydroxylation sites is 2. The van der Waals surface area contributed by atoms with Crippen LogP contribution in [-0.4, -0.2) is 29.0 Å². The first-order chi connectivity index (χ1) is 17.0. The highest BCUT2D eigenvalue weighted by Crippen LogP contribution is 2.30. The predicted octanol–water partition coefficient (Wildman–Crippen LogP) is 5.30. The molecule has 0 unspecified atom stereocenters. The molecule has 0 saturated heterocycles. The molecule has 178 valence electrons. The zero-order valence-corrected chi connectivity index (χ0v) is 19.1. The van der Waals surface area contributed by atoms with E-state index in [1.54, 1.807) is 16.7 Å². The summed E-state index contributed by atoms with van der Waals surface area (Å²) in [6, 6.07) is 10.8. The molecule has 2 aromatic carbocycles. The van der Waals surface area contributed by atoms with Gasteiger partial charge in [-0.1, -0.05) is 44.7 Å². The Morgan fingerprint density at radius 2 is 1.74 bits per heavy atom. The molecule has 0 aliphatic carbocycles. The summed E-state index contributed by atoms with van der Waals surface area (Å²) in [5.74, 6) is -0.950. The standard InChI is InChI=1S/C25H23FN6O3/c1-2-3-4-5-8-13-30-15-27-23-21(25(30)33)22-24(29-19-10-7-6-9-18(19)28-22)31(23)16-11-12-17(26)20(14-16)32(34)35/h6-7,9-12,14-15H,2-5,8,13H2,1H3. The summed E-state index contributed by atoms with van der Waals surface area (Å²) in [5, 5.41) is 11.6. The van der Waals surface area contributed by atoms with E-state index in [0.717, 1.165) is 44.2 Å². The van der Waals surface area contributed by atoms with Crippen LogP contribution in [0, 0.1) is 15.9 Å². The van der Waals surface area contributed by atoms with E-state index in [0.29, 0.717) is 28.7 Å². The fourth-order valence-corrected chi connectivity index (χ4v) is 4.34. The van der Waals surface area contributed by atoms with Gasteiger partial charge in [0.15, 0.2) is 11.3 Å². The fraction of sp³-hybridized carbons (Fsp3) is 0.280. The smallest absolute Gasteiger partial charge is 0.299 e. The summed E-state index contributed by atoms with van der Waals surface area (Å²) in [7, 11) is 0. The van der Waals surface area contributed by atoms with E-state index < -0.39 is 16.4 Å². The van der Waals surface area contributed by atoms with Crippen molar-refractivity contribution in [3.8, 4) is 5.69 Å². The van der Waals surface area contributed by atoms with Gasteiger partial charge in [-0.25, -0.2) is 15.0 Å². The van der Waals surface area contributed by atoms with Gasteiger partial charge in [-0.2, -0.15) is 4.39 Å². The Morgan fingerprint density at radius 3 is 2.49 bits per heavy atom. The average molecular weight is 474 g/mol. The second-order valence-electron chi connectivity index (χ2n) is 8.47. The molecule has 0 atom stereocenters. The van der Waals surface area contributed by atoms with Crippen LogP contribution in [-0.2, 0) is 6.54 Å². The van der Waals surface area contributed by atoms with Crippen molar-refractivity contribution < 1.29 is 9.31 Å². The molecule has 5 aromatic rings. The number of rotatable bonds is 8.